The third-order valence-electron chi connectivity index (χ3n) is 4.79. The summed E-state index contributed by atoms with van der Waals surface area (Å²) >= 11 is 0. The normalized spacial score (nSPS) is 14.9. The van der Waals surface area contributed by atoms with Crippen LogP contribution in [0.4, 0.5) is 0 Å². The largest absolute Gasteiger partial charge is 0.461 e. The molecule has 0 saturated heterocycles. The Balaban J connectivity index is 2.28. The predicted octanol–water partition coefficient (Wildman–Crippen LogP) is 3.03. The Bertz CT molecular complexity index is 673. The lowest BCUT2D eigenvalue weighted by Gasteiger charge is -2.28. The lowest BCUT2D eigenvalue weighted by Crippen LogP contribution is -2.44. The molecule has 0 bridgehead atoms. The molecule has 0 aromatic carbocycles. The summed E-state index contributed by atoms with van der Waals surface area (Å²) < 4.78 is 5.04. The van der Waals surface area contributed by atoms with Gasteiger partial charge in [0, 0.05) is 24.2 Å². The first-order chi connectivity index (χ1) is 11.8. The molecule has 1 N–H and O–H groups in total. The number of carbonyl (C=O) groups is 3. The molecule has 0 unspecified atom stereocenters. The highest BCUT2D eigenvalue weighted by atomic mass is 16.5. The monoisotopic (exact) mass is 348 g/mol. The van der Waals surface area contributed by atoms with Gasteiger partial charge < -0.3 is 14.6 Å². The Morgan fingerprint density at radius 3 is 2.40 bits per heavy atom. The maximum absolute atomic E-state index is 13.1. The molecule has 1 aromatic rings. The highest BCUT2D eigenvalue weighted by Gasteiger charge is 2.34. The fourth-order valence-electron chi connectivity index (χ4n) is 3.14. The maximum atomic E-state index is 13.1. The van der Waals surface area contributed by atoms with Crippen molar-refractivity contribution < 1.29 is 19.1 Å². The fourth-order valence-corrected chi connectivity index (χ4v) is 3.14. The summed E-state index contributed by atoms with van der Waals surface area (Å²) in [6.07, 6.45) is 2.61. The van der Waals surface area contributed by atoms with E-state index in [9.17, 15) is 14.4 Å². The summed E-state index contributed by atoms with van der Waals surface area (Å²) in [7, 11) is 0. The molecule has 6 nitrogen and oxygen atoms in total. The van der Waals surface area contributed by atoms with E-state index in [0.29, 0.717) is 41.4 Å². The number of aryl methyl sites for hydroxylation is 1. The highest BCUT2D eigenvalue weighted by Crippen LogP contribution is 2.31. The molecule has 0 radical (unpaired) electrons. The first kappa shape index (κ1) is 19.2. The summed E-state index contributed by atoms with van der Waals surface area (Å²) in [5.41, 5.74) is 2.02. The van der Waals surface area contributed by atoms with Gasteiger partial charge >= 0.3 is 5.97 Å². The Morgan fingerprint density at radius 2 is 1.88 bits per heavy atom. The maximum Gasteiger partial charge on any atom is 0.355 e. The van der Waals surface area contributed by atoms with Crippen molar-refractivity contribution in [3.8, 4) is 0 Å². The number of hydrogen-bond donors (Lipinski definition) is 1. The van der Waals surface area contributed by atoms with Crippen molar-refractivity contribution in [3.63, 3.8) is 0 Å². The lowest BCUT2D eigenvalue weighted by molar-refractivity contribution is -0.132. The van der Waals surface area contributed by atoms with Gasteiger partial charge in [0.1, 0.15) is 5.69 Å². The summed E-state index contributed by atoms with van der Waals surface area (Å²) in [5, 5.41) is 0. The second-order valence-corrected chi connectivity index (χ2v) is 6.73. The third kappa shape index (κ3) is 4.11. The topological polar surface area (TPSA) is 79.5 Å². The van der Waals surface area contributed by atoms with Gasteiger partial charge in [0.25, 0.3) is 0 Å². The molecule has 0 spiro atoms. The number of amides is 1. The van der Waals surface area contributed by atoms with Gasteiger partial charge in [-0.1, -0.05) is 6.92 Å². The van der Waals surface area contributed by atoms with Crippen molar-refractivity contribution in [1.29, 1.82) is 0 Å². The fraction of sp³-hybridized carbons (Fsp3) is 0.632. The molecular formula is C19H28N2O4. The number of nitrogens with zero attached hydrogens (tertiary/aromatic N) is 1. The summed E-state index contributed by atoms with van der Waals surface area (Å²) in [5.74, 6) is -0.100. The van der Waals surface area contributed by atoms with E-state index in [2.05, 4.69) is 4.98 Å². The van der Waals surface area contributed by atoms with Gasteiger partial charge in [-0.2, -0.15) is 0 Å². The number of Topliss-reactive ketones (excluding diaryl/α,β-unsaturated/α-hetero) is 1. The summed E-state index contributed by atoms with van der Waals surface area (Å²) in [6, 6.07) is -0.545. The number of aromatic amines is 1. The first-order valence-corrected chi connectivity index (χ1v) is 9.01. The zero-order valence-corrected chi connectivity index (χ0v) is 15.8. The molecule has 1 amide bonds. The molecule has 1 fully saturated rings. The van der Waals surface area contributed by atoms with Crippen LogP contribution in [0.25, 0.3) is 0 Å². The molecule has 138 valence electrons. The van der Waals surface area contributed by atoms with Crippen molar-refractivity contribution >= 4 is 17.7 Å². The molecule has 1 heterocycles. The van der Waals surface area contributed by atoms with Crippen LogP contribution in [0.3, 0.4) is 0 Å². The standard InChI is InChI=1S/C19H28N2O4/c1-6-15(22)21(10-14-8-9-14)13(5)18(23)16-11(3)17(20-12(16)4)19(24)25-7-2/h13-14,20H,6-10H2,1-5H3/t13-/m1/s1. The van der Waals surface area contributed by atoms with Crippen molar-refractivity contribution in [2.24, 2.45) is 5.92 Å². The lowest BCUT2D eigenvalue weighted by atomic mass is 9.99. The van der Waals surface area contributed by atoms with Crippen LogP contribution in [-0.4, -0.2) is 46.7 Å². The van der Waals surface area contributed by atoms with Crippen LogP contribution in [0, 0.1) is 19.8 Å². The second kappa shape index (κ2) is 7.85. The van der Waals surface area contributed by atoms with E-state index in [1.807, 2.05) is 6.92 Å². The third-order valence-corrected chi connectivity index (χ3v) is 4.79. The number of rotatable bonds is 8. The van der Waals surface area contributed by atoms with E-state index in [0.717, 1.165) is 12.8 Å². The Hall–Kier alpha value is -2.11. The van der Waals surface area contributed by atoms with Crippen molar-refractivity contribution in [2.45, 2.75) is 59.9 Å². The van der Waals surface area contributed by atoms with E-state index < -0.39 is 12.0 Å². The molecule has 6 heteroatoms. The number of carbonyl (C=O) groups excluding carboxylic acids is 3. The van der Waals surface area contributed by atoms with E-state index in [1.54, 1.807) is 32.6 Å². The Morgan fingerprint density at radius 1 is 1.24 bits per heavy atom. The SMILES string of the molecule is CCOC(=O)c1[nH]c(C)c(C(=O)[C@@H](C)N(CC2CC2)C(=O)CC)c1C. The van der Waals surface area contributed by atoms with Crippen LogP contribution >= 0.6 is 0 Å². The second-order valence-electron chi connectivity index (χ2n) is 6.73. The smallest absolute Gasteiger partial charge is 0.355 e. The number of ether oxygens (including phenoxy) is 1. The van der Waals surface area contributed by atoms with Crippen LogP contribution in [0.1, 0.15) is 72.1 Å². The molecular weight excluding hydrogens is 320 g/mol. The van der Waals surface area contributed by atoms with Gasteiger partial charge in [0.15, 0.2) is 5.78 Å². The Kier molecular flexibility index (Phi) is 6.03. The van der Waals surface area contributed by atoms with Crippen LogP contribution in [0.15, 0.2) is 0 Å². The Labute approximate surface area is 148 Å². The number of aromatic nitrogens is 1. The average Bonchev–Trinajstić information content (AvgIpc) is 3.35. The molecule has 0 aliphatic heterocycles. The predicted molar refractivity (Wildman–Crippen MR) is 94.7 cm³/mol. The minimum absolute atomic E-state index is 0.00999. The van der Waals surface area contributed by atoms with Gasteiger partial charge in [-0.15, -0.1) is 0 Å². The van der Waals surface area contributed by atoms with E-state index in [-0.39, 0.29) is 18.3 Å². The number of H-pyrrole nitrogens is 1. The molecule has 1 saturated carbocycles. The molecule has 1 atom stereocenters. The van der Waals surface area contributed by atoms with E-state index in [4.69, 9.17) is 4.74 Å². The zero-order chi connectivity index (χ0) is 18.7. The number of nitrogens with one attached hydrogen (secondary N) is 1. The van der Waals surface area contributed by atoms with Crippen molar-refractivity contribution in [3.05, 3.63) is 22.5 Å². The summed E-state index contributed by atoms with van der Waals surface area (Å²) in [6.45, 7) is 9.73. The minimum Gasteiger partial charge on any atom is -0.461 e. The molecule has 25 heavy (non-hydrogen) atoms. The quantitative estimate of drug-likeness (QED) is 0.578. The first-order valence-electron chi connectivity index (χ1n) is 9.01. The van der Waals surface area contributed by atoms with Gasteiger partial charge in [-0.3, -0.25) is 9.59 Å². The highest BCUT2D eigenvalue weighted by molar-refractivity contribution is 6.06. The number of hydrogen-bond acceptors (Lipinski definition) is 4. The van der Waals surface area contributed by atoms with Crippen LogP contribution in [0.2, 0.25) is 0 Å². The average molecular weight is 348 g/mol. The van der Waals surface area contributed by atoms with Gasteiger partial charge in [-0.25, -0.2) is 4.79 Å². The number of ketones is 1. The van der Waals surface area contributed by atoms with E-state index in [1.165, 1.54) is 0 Å². The van der Waals surface area contributed by atoms with Crippen molar-refractivity contribution in [2.75, 3.05) is 13.2 Å². The van der Waals surface area contributed by atoms with E-state index >= 15 is 0 Å². The number of esters is 1. The molecule has 1 aliphatic rings. The molecule has 2 rings (SSSR count). The summed E-state index contributed by atoms with van der Waals surface area (Å²) in [4.78, 5) is 42.1. The van der Waals surface area contributed by atoms with Gasteiger partial charge in [-0.05, 0) is 52.0 Å². The van der Waals surface area contributed by atoms with Crippen LogP contribution in [0.5, 0.6) is 0 Å². The van der Waals surface area contributed by atoms with Crippen molar-refractivity contribution in [1.82, 2.24) is 9.88 Å². The van der Waals surface area contributed by atoms with Gasteiger partial charge in [0.2, 0.25) is 5.91 Å². The minimum atomic E-state index is -0.545. The van der Waals surface area contributed by atoms with Gasteiger partial charge in [0.05, 0.1) is 12.6 Å². The van der Waals surface area contributed by atoms with Crippen LogP contribution < -0.4 is 0 Å². The molecule has 1 aromatic heterocycles. The molecule has 1 aliphatic carbocycles. The zero-order valence-electron chi connectivity index (χ0n) is 15.8. The van der Waals surface area contributed by atoms with Crippen LogP contribution in [-0.2, 0) is 9.53 Å².